The van der Waals surface area contributed by atoms with Crippen LogP contribution in [0.3, 0.4) is 0 Å². The minimum Gasteiger partial charge on any atom is -0.479 e. The molecule has 2 fully saturated rings. The number of carbonyl (C=O) groups excluding carboxylic acids is 1. The van der Waals surface area contributed by atoms with Gasteiger partial charge < -0.3 is 25.4 Å². The second-order valence-corrected chi connectivity index (χ2v) is 13.5. The number of hydrogen-bond acceptors (Lipinski definition) is 17. The van der Waals surface area contributed by atoms with Crippen molar-refractivity contribution in [3.63, 3.8) is 0 Å². The number of hydrogen-bond donors (Lipinski definition) is 3. The van der Waals surface area contributed by atoms with Crippen molar-refractivity contribution >= 4 is 59.7 Å². The van der Waals surface area contributed by atoms with Crippen molar-refractivity contribution in [1.29, 1.82) is 0 Å². The molecule has 52 heavy (non-hydrogen) atoms. The standard InChI is InChI=1S/C17H19N7O2S.C10H15N3.C6H6N4OS/c1-26-14-13-15(20-11-19-14)27-16(21-13)22-17(25)24-8-6-23(7-9-24)10-12-4-2-3-5-18-12;1-2-4-12-10(3-1)9-13-7-5-11-6-8-13;1-11-4-3-5(9-2-8-4)12-6(7)10-3/h2-5,11H,6-10H2,1H3,(H,21,22,25);1-4,11H,5-9H2;2H,1H3,(H2,7,10). The van der Waals surface area contributed by atoms with E-state index in [1.165, 1.54) is 55.2 Å². The third-order valence-corrected chi connectivity index (χ3v) is 9.70. The lowest BCUT2D eigenvalue weighted by Gasteiger charge is -2.34. The summed E-state index contributed by atoms with van der Waals surface area (Å²) in [7, 11) is 3.07. The summed E-state index contributed by atoms with van der Waals surface area (Å²) in [4.78, 5) is 53.7. The minimum absolute atomic E-state index is 0.154. The summed E-state index contributed by atoms with van der Waals surface area (Å²) >= 11 is 2.62. The number of amides is 2. The van der Waals surface area contributed by atoms with Gasteiger partial charge in [0.05, 0.1) is 25.6 Å². The number of ether oxygens (including phenoxy) is 2. The maximum absolute atomic E-state index is 12.5. The number of urea groups is 1. The van der Waals surface area contributed by atoms with Crippen molar-refractivity contribution in [2.45, 2.75) is 13.1 Å². The van der Waals surface area contributed by atoms with Gasteiger partial charge in [-0.25, -0.2) is 24.7 Å². The number of nitrogens with one attached hydrogen (secondary N) is 2. The predicted molar refractivity (Wildman–Crippen MR) is 200 cm³/mol. The molecule has 0 bridgehead atoms. The number of pyridine rings is 2. The van der Waals surface area contributed by atoms with Gasteiger partial charge in [-0.3, -0.25) is 25.1 Å². The number of thiazole rings is 2. The Hall–Kier alpha value is -5.21. The number of aromatic nitrogens is 8. The molecule has 2 saturated heterocycles. The van der Waals surface area contributed by atoms with E-state index in [9.17, 15) is 4.79 Å². The van der Waals surface area contributed by atoms with E-state index in [-0.39, 0.29) is 6.03 Å². The maximum atomic E-state index is 12.5. The Bertz CT molecular complexity index is 2000. The molecule has 19 heteroatoms. The molecular weight excluding hydrogens is 705 g/mol. The molecule has 272 valence electrons. The lowest BCUT2D eigenvalue weighted by atomic mass is 10.3. The first-order valence-electron chi connectivity index (χ1n) is 16.6. The second kappa shape index (κ2) is 18.3. The van der Waals surface area contributed by atoms with Crippen LogP contribution in [0.15, 0.2) is 61.4 Å². The molecule has 8 rings (SSSR count). The van der Waals surface area contributed by atoms with Gasteiger partial charge in [0.1, 0.15) is 12.7 Å². The number of carbonyl (C=O) groups is 1. The van der Waals surface area contributed by atoms with Gasteiger partial charge in [0.15, 0.2) is 31.0 Å². The fourth-order valence-electron chi connectivity index (χ4n) is 5.43. The van der Waals surface area contributed by atoms with Gasteiger partial charge in [-0.05, 0) is 24.3 Å². The van der Waals surface area contributed by atoms with Crippen LogP contribution < -0.4 is 25.8 Å². The number of methoxy groups -OCH3 is 2. The van der Waals surface area contributed by atoms with Gasteiger partial charge in [-0.15, -0.1) is 0 Å². The molecule has 0 saturated carbocycles. The zero-order valence-corrected chi connectivity index (χ0v) is 30.5. The third kappa shape index (κ3) is 9.98. The van der Waals surface area contributed by atoms with Crippen molar-refractivity contribution in [1.82, 2.24) is 59.9 Å². The smallest absolute Gasteiger partial charge is 0.323 e. The molecule has 8 heterocycles. The summed E-state index contributed by atoms with van der Waals surface area (Å²) in [6.45, 7) is 9.20. The molecule has 6 aromatic heterocycles. The van der Waals surface area contributed by atoms with Crippen LogP contribution in [0, 0.1) is 0 Å². The van der Waals surface area contributed by atoms with Crippen molar-refractivity contribution in [2.75, 3.05) is 77.6 Å². The average Bonchev–Trinajstić information content (AvgIpc) is 3.79. The van der Waals surface area contributed by atoms with E-state index in [0.29, 0.717) is 51.0 Å². The Morgan fingerprint density at radius 3 is 1.87 bits per heavy atom. The Kier molecular flexibility index (Phi) is 12.9. The minimum atomic E-state index is -0.154. The van der Waals surface area contributed by atoms with E-state index in [2.05, 4.69) is 66.4 Å². The van der Waals surface area contributed by atoms with E-state index in [1.54, 1.807) is 11.1 Å². The Labute approximate surface area is 308 Å². The van der Waals surface area contributed by atoms with Crippen molar-refractivity contribution < 1.29 is 14.3 Å². The van der Waals surface area contributed by atoms with Crippen LogP contribution in [0.1, 0.15) is 11.4 Å². The van der Waals surface area contributed by atoms with Gasteiger partial charge in [0.2, 0.25) is 11.8 Å². The lowest BCUT2D eigenvalue weighted by Crippen LogP contribution is -2.49. The maximum Gasteiger partial charge on any atom is 0.323 e. The van der Waals surface area contributed by atoms with E-state index in [4.69, 9.17) is 15.2 Å². The number of rotatable bonds is 7. The van der Waals surface area contributed by atoms with Gasteiger partial charge in [-0.2, -0.15) is 9.97 Å². The first-order valence-corrected chi connectivity index (χ1v) is 18.2. The van der Waals surface area contributed by atoms with E-state index < -0.39 is 0 Å². The molecule has 0 radical (unpaired) electrons. The number of nitrogen functional groups attached to an aromatic ring is 1. The summed E-state index contributed by atoms with van der Waals surface area (Å²) in [6.07, 6.45) is 6.51. The first-order chi connectivity index (χ1) is 25.5. The molecule has 0 unspecified atom stereocenters. The average molecular weight is 745 g/mol. The van der Waals surface area contributed by atoms with Crippen LogP contribution in [0.25, 0.3) is 20.7 Å². The molecule has 2 amide bonds. The van der Waals surface area contributed by atoms with Crippen LogP contribution in [0.4, 0.5) is 15.1 Å². The Morgan fingerprint density at radius 1 is 0.750 bits per heavy atom. The summed E-state index contributed by atoms with van der Waals surface area (Å²) in [6, 6.07) is 11.9. The van der Waals surface area contributed by atoms with Gasteiger partial charge in [0, 0.05) is 77.8 Å². The molecule has 0 spiro atoms. The van der Waals surface area contributed by atoms with E-state index in [1.807, 2.05) is 36.5 Å². The van der Waals surface area contributed by atoms with Gasteiger partial charge in [-0.1, -0.05) is 34.8 Å². The van der Waals surface area contributed by atoms with E-state index in [0.717, 1.165) is 62.9 Å². The SMILES string of the molecule is COc1ncnc2sc(N)nc12.COc1ncnc2sc(NC(=O)N3CCN(Cc4ccccn4)CC3)nc12.c1ccc(CN2CCNCC2)nc1. The topological polar surface area (TPSA) is 198 Å². The molecule has 0 aliphatic carbocycles. The second-order valence-electron chi connectivity index (χ2n) is 11.5. The highest BCUT2D eigenvalue weighted by molar-refractivity contribution is 7.22. The number of nitrogens with zero attached hydrogens (tertiary/aromatic N) is 11. The summed E-state index contributed by atoms with van der Waals surface area (Å²) < 4.78 is 10.2. The molecule has 0 atom stereocenters. The summed E-state index contributed by atoms with van der Waals surface area (Å²) in [5.74, 6) is 0.868. The van der Waals surface area contributed by atoms with Gasteiger partial charge in [0.25, 0.3) is 0 Å². The highest BCUT2D eigenvalue weighted by Gasteiger charge is 2.23. The summed E-state index contributed by atoms with van der Waals surface area (Å²) in [5.41, 5.74) is 8.89. The van der Waals surface area contributed by atoms with Crippen LogP contribution in [-0.2, 0) is 13.1 Å². The highest BCUT2D eigenvalue weighted by atomic mass is 32.1. The van der Waals surface area contributed by atoms with Crippen molar-refractivity contribution in [2.24, 2.45) is 0 Å². The normalized spacial score (nSPS) is 14.9. The Balaban J connectivity index is 0.000000153. The summed E-state index contributed by atoms with van der Waals surface area (Å²) in [5, 5.41) is 7.16. The molecule has 6 aromatic rings. The molecular formula is C33H40N14O3S2. The van der Waals surface area contributed by atoms with Crippen LogP contribution >= 0.6 is 22.7 Å². The highest BCUT2D eigenvalue weighted by Crippen LogP contribution is 2.29. The lowest BCUT2D eigenvalue weighted by molar-refractivity contribution is 0.142. The van der Waals surface area contributed by atoms with Crippen LogP contribution in [-0.4, -0.2) is 127 Å². The first kappa shape index (κ1) is 36.6. The van der Waals surface area contributed by atoms with Gasteiger partial charge >= 0.3 is 6.03 Å². The van der Waals surface area contributed by atoms with Crippen LogP contribution in [0.5, 0.6) is 11.8 Å². The van der Waals surface area contributed by atoms with Crippen molar-refractivity contribution in [3.05, 3.63) is 72.8 Å². The molecule has 4 N–H and O–H groups in total. The molecule has 2 aliphatic rings. The number of fused-ring (bicyclic) bond motifs is 2. The monoisotopic (exact) mass is 744 g/mol. The molecule has 2 aliphatic heterocycles. The Morgan fingerprint density at radius 2 is 1.31 bits per heavy atom. The number of anilines is 2. The zero-order chi connectivity index (χ0) is 36.1. The van der Waals surface area contributed by atoms with E-state index >= 15 is 0 Å². The number of piperazine rings is 2. The van der Waals surface area contributed by atoms with Crippen LogP contribution in [0.2, 0.25) is 0 Å². The predicted octanol–water partition coefficient (Wildman–Crippen LogP) is 3.00. The largest absolute Gasteiger partial charge is 0.479 e. The molecule has 0 aromatic carbocycles. The molecule has 17 nitrogen and oxygen atoms in total. The zero-order valence-electron chi connectivity index (χ0n) is 28.9. The fraction of sp³-hybridized carbons (Fsp3) is 0.364. The third-order valence-electron chi connectivity index (χ3n) is 8.03. The fourth-order valence-corrected chi connectivity index (χ4v) is 6.88. The number of nitrogens with two attached hydrogens (primary N) is 1. The van der Waals surface area contributed by atoms with Crippen molar-refractivity contribution in [3.8, 4) is 11.8 Å². The quantitative estimate of drug-likeness (QED) is 0.215.